The summed E-state index contributed by atoms with van der Waals surface area (Å²) in [7, 11) is -3.46. The van der Waals surface area contributed by atoms with Crippen LogP contribution in [0.1, 0.15) is 11.1 Å². The van der Waals surface area contributed by atoms with Crippen LogP contribution in [0.2, 0.25) is 10.0 Å². The van der Waals surface area contributed by atoms with Gasteiger partial charge in [0.15, 0.2) is 9.84 Å². The topological polar surface area (TPSA) is 46.2 Å². The zero-order valence-corrected chi connectivity index (χ0v) is 14.8. The van der Waals surface area contributed by atoms with Crippen LogP contribution >= 0.6 is 35.4 Å². The molecule has 0 atom stereocenters. The summed E-state index contributed by atoms with van der Waals surface area (Å²) >= 11 is 16.9. The highest BCUT2D eigenvalue weighted by molar-refractivity contribution is 7.91. The molecule has 1 N–H and O–H groups in total. The zero-order chi connectivity index (χ0) is 16.3. The lowest BCUT2D eigenvalue weighted by Gasteiger charge is -2.10. The number of sulfone groups is 1. The fourth-order valence-corrected chi connectivity index (χ4v) is 3.37. The number of aryl methyl sites for hydroxylation is 1. The quantitative estimate of drug-likeness (QED) is 0.822. The van der Waals surface area contributed by atoms with Gasteiger partial charge in [-0.1, -0.05) is 59.2 Å². The van der Waals surface area contributed by atoms with Gasteiger partial charge in [-0.15, -0.1) is 0 Å². The lowest BCUT2D eigenvalue weighted by atomic mass is 10.2. The Kier molecular flexibility index (Phi) is 5.45. The second-order valence-corrected chi connectivity index (χ2v) is 7.92. The molecule has 2 aromatic rings. The second kappa shape index (κ2) is 6.96. The van der Waals surface area contributed by atoms with E-state index in [0.29, 0.717) is 20.6 Å². The fraction of sp³-hybridized carbons (Fsp3) is 0.133. The molecule has 0 fully saturated rings. The third-order valence-electron chi connectivity index (χ3n) is 2.98. The molecule has 0 heterocycles. The fourth-order valence-electron chi connectivity index (χ4n) is 1.73. The van der Waals surface area contributed by atoms with Crippen molar-refractivity contribution in [3.05, 3.63) is 63.6 Å². The smallest absolute Gasteiger partial charge is 0.196 e. The first-order chi connectivity index (χ1) is 10.3. The zero-order valence-electron chi connectivity index (χ0n) is 11.6. The first kappa shape index (κ1) is 17.2. The molecule has 7 heteroatoms. The molecule has 116 valence electrons. The minimum Gasteiger partial charge on any atom is -0.362 e. The Hall–Kier alpha value is -1.14. The molecule has 2 aromatic carbocycles. The molecular weight excluding hydrogens is 361 g/mol. The number of hydrogen-bond donors (Lipinski definition) is 1. The van der Waals surface area contributed by atoms with Crippen molar-refractivity contribution in [1.29, 1.82) is 0 Å². The molecule has 0 aliphatic rings. The molecule has 0 aliphatic carbocycles. The molecule has 3 nitrogen and oxygen atoms in total. The van der Waals surface area contributed by atoms with Crippen LogP contribution in [0.5, 0.6) is 0 Å². The van der Waals surface area contributed by atoms with Crippen molar-refractivity contribution in [2.75, 3.05) is 5.88 Å². The highest BCUT2D eigenvalue weighted by Crippen LogP contribution is 2.22. The molecule has 0 saturated carbocycles. The normalized spacial score (nSPS) is 11.2. The Morgan fingerprint density at radius 1 is 1.09 bits per heavy atom. The van der Waals surface area contributed by atoms with Gasteiger partial charge in [0, 0.05) is 5.56 Å². The van der Waals surface area contributed by atoms with E-state index in [4.69, 9.17) is 35.4 Å². The summed E-state index contributed by atoms with van der Waals surface area (Å²) in [6.07, 6.45) is 0. The predicted molar refractivity (Wildman–Crippen MR) is 94.5 cm³/mol. The van der Waals surface area contributed by atoms with Crippen molar-refractivity contribution in [3.63, 3.8) is 0 Å². The van der Waals surface area contributed by atoms with Gasteiger partial charge in [-0.2, -0.15) is 0 Å². The lowest BCUT2D eigenvalue weighted by molar-refractivity contribution is 0.594. The van der Waals surface area contributed by atoms with Crippen LogP contribution in [0, 0.1) is 6.92 Å². The Morgan fingerprint density at radius 3 is 2.32 bits per heavy atom. The van der Waals surface area contributed by atoms with E-state index in [1.807, 2.05) is 6.92 Å². The van der Waals surface area contributed by atoms with Gasteiger partial charge in [-0.25, -0.2) is 8.42 Å². The number of thiocarbonyl (C=S) groups is 1. The largest absolute Gasteiger partial charge is 0.362 e. The molecule has 22 heavy (non-hydrogen) atoms. The molecular formula is C15H13Cl2NO2S2. The third-order valence-corrected chi connectivity index (χ3v) is 5.62. The predicted octanol–water partition coefficient (Wildman–Crippen LogP) is 4.00. The lowest BCUT2D eigenvalue weighted by Crippen LogP contribution is -2.28. The van der Waals surface area contributed by atoms with E-state index >= 15 is 0 Å². The first-order valence-corrected chi connectivity index (χ1v) is 9.14. The average molecular weight is 374 g/mol. The maximum absolute atomic E-state index is 12.2. The van der Waals surface area contributed by atoms with Gasteiger partial charge in [0.1, 0.15) is 10.9 Å². The Balaban J connectivity index is 2.09. The van der Waals surface area contributed by atoms with Crippen molar-refractivity contribution < 1.29 is 8.42 Å². The monoisotopic (exact) mass is 373 g/mol. The van der Waals surface area contributed by atoms with E-state index in [-0.39, 0.29) is 10.8 Å². The molecule has 0 unspecified atom stereocenters. The summed E-state index contributed by atoms with van der Waals surface area (Å²) in [5, 5.41) is 3.52. The number of rotatable bonds is 4. The molecule has 0 spiro atoms. The standard InChI is InChI=1S/C15H13Cl2NO2S2/c1-10-2-5-12(6-3-10)22(19,20)9-18-15(21)11-4-7-13(16)14(17)8-11/h2-8H,9H2,1H3,(H,18,21). The molecule has 0 bridgehead atoms. The average Bonchev–Trinajstić information content (AvgIpc) is 2.48. The highest BCUT2D eigenvalue weighted by atomic mass is 35.5. The minimum atomic E-state index is -3.46. The van der Waals surface area contributed by atoms with Gasteiger partial charge in [0.2, 0.25) is 0 Å². The molecule has 0 radical (unpaired) electrons. The Morgan fingerprint density at radius 2 is 1.73 bits per heavy atom. The van der Waals surface area contributed by atoms with Crippen LogP contribution in [0.3, 0.4) is 0 Å². The van der Waals surface area contributed by atoms with Crippen molar-refractivity contribution >= 4 is 50.2 Å². The summed E-state index contributed by atoms with van der Waals surface area (Å²) < 4.78 is 24.5. The van der Waals surface area contributed by atoms with E-state index in [0.717, 1.165) is 5.56 Å². The van der Waals surface area contributed by atoms with Crippen molar-refractivity contribution in [2.24, 2.45) is 0 Å². The van der Waals surface area contributed by atoms with E-state index in [2.05, 4.69) is 5.32 Å². The molecule has 0 aromatic heterocycles. The van der Waals surface area contributed by atoms with Crippen LogP contribution in [-0.4, -0.2) is 19.3 Å². The summed E-state index contributed by atoms with van der Waals surface area (Å²) in [6, 6.07) is 11.6. The second-order valence-electron chi connectivity index (χ2n) is 4.71. The van der Waals surface area contributed by atoms with Gasteiger partial charge in [-0.3, -0.25) is 0 Å². The van der Waals surface area contributed by atoms with E-state index in [1.165, 1.54) is 0 Å². The molecule has 0 amide bonds. The molecule has 0 aliphatic heterocycles. The van der Waals surface area contributed by atoms with E-state index in [1.54, 1.807) is 42.5 Å². The summed E-state index contributed by atoms with van der Waals surface area (Å²) in [6.45, 7) is 1.90. The van der Waals surface area contributed by atoms with Gasteiger partial charge in [0.25, 0.3) is 0 Å². The van der Waals surface area contributed by atoms with Crippen molar-refractivity contribution in [1.82, 2.24) is 5.32 Å². The number of hydrogen-bond acceptors (Lipinski definition) is 3. The van der Waals surface area contributed by atoms with Crippen LogP contribution in [0.25, 0.3) is 0 Å². The molecule has 0 saturated heterocycles. The Labute approximate surface area is 145 Å². The summed E-state index contributed by atoms with van der Waals surface area (Å²) in [5.41, 5.74) is 1.61. The van der Waals surface area contributed by atoms with Crippen LogP contribution in [0.15, 0.2) is 47.4 Å². The number of halogens is 2. The van der Waals surface area contributed by atoms with E-state index < -0.39 is 9.84 Å². The number of benzene rings is 2. The van der Waals surface area contributed by atoms with Gasteiger partial charge >= 0.3 is 0 Å². The van der Waals surface area contributed by atoms with Crippen molar-refractivity contribution in [2.45, 2.75) is 11.8 Å². The summed E-state index contributed by atoms with van der Waals surface area (Å²) in [4.78, 5) is 0.553. The van der Waals surface area contributed by atoms with Gasteiger partial charge < -0.3 is 5.32 Å². The third kappa shape index (κ3) is 4.20. The van der Waals surface area contributed by atoms with Crippen LogP contribution in [-0.2, 0) is 9.84 Å². The van der Waals surface area contributed by atoms with E-state index in [9.17, 15) is 8.42 Å². The summed E-state index contributed by atoms with van der Waals surface area (Å²) in [5.74, 6) is -0.283. The van der Waals surface area contributed by atoms with Crippen LogP contribution < -0.4 is 5.32 Å². The van der Waals surface area contributed by atoms with Crippen molar-refractivity contribution in [3.8, 4) is 0 Å². The van der Waals surface area contributed by atoms with Crippen LogP contribution in [0.4, 0.5) is 0 Å². The highest BCUT2D eigenvalue weighted by Gasteiger charge is 2.15. The first-order valence-electron chi connectivity index (χ1n) is 6.32. The van der Waals surface area contributed by atoms with Gasteiger partial charge in [0.05, 0.1) is 14.9 Å². The SMILES string of the molecule is Cc1ccc(S(=O)(=O)CNC(=S)c2ccc(Cl)c(Cl)c2)cc1. The number of nitrogens with one attached hydrogen (secondary N) is 1. The van der Waals surface area contributed by atoms with Gasteiger partial charge in [-0.05, 0) is 31.2 Å². The Bertz CT molecular complexity index is 803. The maximum Gasteiger partial charge on any atom is 0.196 e. The molecule has 2 rings (SSSR count). The minimum absolute atomic E-state index is 0.252. The maximum atomic E-state index is 12.2.